The molecule has 0 aliphatic heterocycles. The first-order valence-electron chi connectivity index (χ1n) is 11.8. The second-order valence-electron chi connectivity index (χ2n) is 7.84. The van der Waals surface area contributed by atoms with Crippen LogP contribution in [0.3, 0.4) is 0 Å². The first kappa shape index (κ1) is 25.0. The Kier molecular flexibility index (Phi) is 23.9. The van der Waals surface area contributed by atoms with E-state index in [9.17, 15) is 0 Å². The molecule has 151 valence electrons. The third-order valence-electron chi connectivity index (χ3n) is 5.16. The van der Waals surface area contributed by atoms with Crippen molar-refractivity contribution in [3.05, 3.63) is 6.61 Å². The lowest BCUT2D eigenvalue weighted by atomic mass is 10.1. The summed E-state index contributed by atoms with van der Waals surface area (Å²) in [6, 6.07) is 0. The van der Waals surface area contributed by atoms with Crippen LogP contribution >= 0.6 is 0 Å². The second-order valence-corrected chi connectivity index (χ2v) is 7.84. The van der Waals surface area contributed by atoms with Crippen molar-refractivity contribution in [1.29, 1.82) is 0 Å². The van der Waals surface area contributed by atoms with E-state index < -0.39 is 0 Å². The predicted octanol–water partition coefficient (Wildman–Crippen LogP) is 9.01. The molecule has 0 amide bonds. The van der Waals surface area contributed by atoms with Crippen LogP contribution in [0, 0.1) is 6.61 Å². The highest BCUT2D eigenvalue weighted by molar-refractivity contribution is 4.54. The maximum Gasteiger partial charge on any atom is 0.0836 e. The van der Waals surface area contributed by atoms with Gasteiger partial charge in [0.1, 0.15) is 0 Å². The van der Waals surface area contributed by atoms with Crippen molar-refractivity contribution in [2.45, 2.75) is 142 Å². The van der Waals surface area contributed by atoms with Gasteiger partial charge in [0.25, 0.3) is 0 Å². The molecule has 0 fully saturated rings. The van der Waals surface area contributed by atoms with Gasteiger partial charge in [-0.15, -0.1) is 0 Å². The highest BCUT2D eigenvalue weighted by Crippen LogP contribution is 2.13. The van der Waals surface area contributed by atoms with Crippen molar-refractivity contribution >= 4 is 0 Å². The van der Waals surface area contributed by atoms with Crippen LogP contribution in [-0.2, 0) is 4.74 Å². The Bertz CT molecular complexity index is 192. The number of ether oxygens (including phenoxy) is 1. The molecule has 1 nitrogen and oxygen atoms in total. The van der Waals surface area contributed by atoms with E-state index in [0.717, 1.165) is 13.0 Å². The summed E-state index contributed by atoms with van der Waals surface area (Å²) >= 11 is 0. The highest BCUT2D eigenvalue weighted by Gasteiger charge is 1.95. The molecule has 0 aliphatic carbocycles. The van der Waals surface area contributed by atoms with E-state index in [-0.39, 0.29) is 0 Å². The first-order valence-corrected chi connectivity index (χ1v) is 11.8. The number of rotatable bonds is 22. The molecule has 0 bridgehead atoms. The second kappa shape index (κ2) is 24.0. The maximum atomic E-state index is 5.65. The molecule has 0 aromatic rings. The first-order chi connectivity index (χ1) is 12.4. The molecule has 1 radical (unpaired) electrons. The molecule has 0 atom stereocenters. The summed E-state index contributed by atoms with van der Waals surface area (Å²) in [7, 11) is 0. The molecule has 0 rings (SSSR count). The number of hydrogen-bond acceptors (Lipinski definition) is 1. The normalized spacial score (nSPS) is 11.3. The van der Waals surface area contributed by atoms with Crippen LogP contribution in [-0.4, -0.2) is 6.61 Å². The Morgan fingerprint density at radius 2 is 0.800 bits per heavy atom. The van der Waals surface area contributed by atoms with Crippen LogP contribution in [0.2, 0.25) is 0 Å². The third kappa shape index (κ3) is 24.0. The third-order valence-corrected chi connectivity index (χ3v) is 5.16. The Hall–Kier alpha value is -0.0400. The quantitative estimate of drug-likeness (QED) is 0.176. The summed E-state index contributed by atoms with van der Waals surface area (Å²) in [5.74, 6) is 0. The minimum Gasteiger partial charge on any atom is -0.376 e. The summed E-state index contributed by atoms with van der Waals surface area (Å²) in [5, 5.41) is 0. The monoisotopic (exact) mass is 353 g/mol. The Balaban J connectivity index is 2.94. The van der Waals surface area contributed by atoms with Gasteiger partial charge in [-0.25, -0.2) is 0 Å². The van der Waals surface area contributed by atoms with Gasteiger partial charge in [-0.2, -0.15) is 0 Å². The van der Waals surface area contributed by atoms with E-state index in [1.54, 1.807) is 0 Å². The zero-order valence-corrected chi connectivity index (χ0v) is 17.8. The molecular weight excluding hydrogens is 304 g/mol. The van der Waals surface area contributed by atoms with Gasteiger partial charge in [0.2, 0.25) is 0 Å². The molecule has 0 heterocycles. The summed E-state index contributed by atoms with van der Waals surface area (Å²) in [6.45, 7) is 7.57. The van der Waals surface area contributed by atoms with Crippen LogP contribution in [0.5, 0.6) is 0 Å². The molecular formula is C24H49O. The van der Waals surface area contributed by atoms with Gasteiger partial charge >= 0.3 is 0 Å². The largest absolute Gasteiger partial charge is 0.376 e. The van der Waals surface area contributed by atoms with E-state index in [1.165, 1.54) is 122 Å². The van der Waals surface area contributed by atoms with Crippen LogP contribution in [0.15, 0.2) is 0 Å². The average molecular weight is 354 g/mol. The molecule has 0 aliphatic rings. The fraction of sp³-hybridized carbons (Fsp3) is 0.958. The van der Waals surface area contributed by atoms with E-state index >= 15 is 0 Å². The molecule has 0 spiro atoms. The van der Waals surface area contributed by atoms with Crippen LogP contribution < -0.4 is 0 Å². The minimum absolute atomic E-state index is 0.937. The summed E-state index contributed by atoms with van der Waals surface area (Å²) in [6.07, 6.45) is 27.8. The fourth-order valence-corrected chi connectivity index (χ4v) is 3.38. The topological polar surface area (TPSA) is 9.23 Å². The molecule has 0 aromatic carbocycles. The Labute approximate surface area is 160 Å². The zero-order chi connectivity index (χ0) is 18.3. The number of unbranched alkanes of at least 4 members (excludes halogenated alkanes) is 18. The van der Waals surface area contributed by atoms with Gasteiger partial charge in [0.05, 0.1) is 6.61 Å². The lowest BCUT2D eigenvalue weighted by Crippen LogP contribution is -1.92. The van der Waals surface area contributed by atoms with Crippen molar-refractivity contribution in [3.8, 4) is 0 Å². The summed E-state index contributed by atoms with van der Waals surface area (Å²) in [5.41, 5.74) is 0. The average Bonchev–Trinajstić information content (AvgIpc) is 2.63. The van der Waals surface area contributed by atoms with Gasteiger partial charge in [-0.05, 0) is 12.8 Å². The van der Waals surface area contributed by atoms with E-state index in [0.29, 0.717) is 0 Å². The van der Waals surface area contributed by atoms with Crippen molar-refractivity contribution in [2.24, 2.45) is 0 Å². The molecule has 0 saturated heterocycles. The minimum atomic E-state index is 0.937. The van der Waals surface area contributed by atoms with Gasteiger partial charge in [-0.1, -0.05) is 129 Å². The number of hydrogen-bond donors (Lipinski definition) is 0. The fourth-order valence-electron chi connectivity index (χ4n) is 3.38. The summed E-state index contributed by atoms with van der Waals surface area (Å²) < 4.78 is 5.65. The molecule has 25 heavy (non-hydrogen) atoms. The molecule has 0 saturated carbocycles. The van der Waals surface area contributed by atoms with Crippen LogP contribution in [0.25, 0.3) is 0 Å². The van der Waals surface area contributed by atoms with Gasteiger partial charge < -0.3 is 4.74 Å². The molecule has 1 heteroatoms. The Morgan fingerprint density at radius 3 is 1.24 bits per heavy atom. The molecule has 0 N–H and O–H groups in total. The summed E-state index contributed by atoms with van der Waals surface area (Å²) in [4.78, 5) is 0. The van der Waals surface area contributed by atoms with Gasteiger partial charge in [0.15, 0.2) is 0 Å². The predicted molar refractivity (Wildman–Crippen MR) is 114 cm³/mol. The van der Waals surface area contributed by atoms with Crippen molar-refractivity contribution < 1.29 is 4.74 Å². The van der Waals surface area contributed by atoms with E-state index in [4.69, 9.17) is 4.74 Å². The smallest absolute Gasteiger partial charge is 0.0836 e. The standard InChI is InChI=1S/C24H49O/c1-3-5-7-9-11-13-14-15-16-18-20-22-24-25-23-21-19-17-12-10-8-6-4-2/h24H,3-23H2,1-2H3. The Morgan fingerprint density at radius 1 is 0.440 bits per heavy atom. The van der Waals surface area contributed by atoms with Crippen molar-refractivity contribution in [1.82, 2.24) is 0 Å². The lowest BCUT2D eigenvalue weighted by Gasteiger charge is -2.05. The molecule has 0 aromatic heterocycles. The SMILES string of the molecule is CCCCCCCCCCCCC[CH]OCCCCCCCCCC. The van der Waals surface area contributed by atoms with Crippen LogP contribution in [0.4, 0.5) is 0 Å². The molecule has 0 unspecified atom stereocenters. The highest BCUT2D eigenvalue weighted by atomic mass is 16.5. The van der Waals surface area contributed by atoms with E-state index in [1.807, 2.05) is 0 Å². The van der Waals surface area contributed by atoms with Crippen molar-refractivity contribution in [2.75, 3.05) is 6.61 Å². The van der Waals surface area contributed by atoms with Gasteiger partial charge in [-0.3, -0.25) is 0 Å². The lowest BCUT2D eigenvalue weighted by molar-refractivity contribution is 0.183. The van der Waals surface area contributed by atoms with Crippen molar-refractivity contribution in [3.63, 3.8) is 0 Å². The maximum absolute atomic E-state index is 5.65. The van der Waals surface area contributed by atoms with Gasteiger partial charge in [0, 0.05) is 6.61 Å². The van der Waals surface area contributed by atoms with Crippen LogP contribution in [0.1, 0.15) is 142 Å². The zero-order valence-electron chi connectivity index (χ0n) is 17.8. The van der Waals surface area contributed by atoms with E-state index in [2.05, 4.69) is 20.5 Å².